The maximum atomic E-state index is 5.33. The van der Waals surface area contributed by atoms with Crippen LogP contribution < -0.4 is 11.1 Å². The SMILES string of the molecule is NCc1nc(Nc2ccccc2)no1. The summed E-state index contributed by atoms with van der Waals surface area (Å²) >= 11 is 0. The fourth-order valence-corrected chi connectivity index (χ4v) is 1.04. The van der Waals surface area contributed by atoms with Gasteiger partial charge in [-0.3, -0.25) is 0 Å². The molecule has 0 spiro atoms. The third-order valence-electron chi connectivity index (χ3n) is 1.67. The van der Waals surface area contributed by atoms with E-state index in [1.54, 1.807) is 0 Å². The van der Waals surface area contributed by atoms with Crippen molar-refractivity contribution >= 4 is 11.6 Å². The van der Waals surface area contributed by atoms with Gasteiger partial charge in [0, 0.05) is 5.69 Å². The van der Waals surface area contributed by atoms with Crippen molar-refractivity contribution in [1.29, 1.82) is 0 Å². The molecule has 1 aromatic heterocycles. The largest absolute Gasteiger partial charge is 0.336 e. The fraction of sp³-hybridized carbons (Fsp3) is 0.111. The summed E-state index contributed by atoms with van der Waals surface area (Å²) < 4.78 is 4.84. The molecule has 0 amide bonds. The van der Waals surface area contributed by atoms with Gasteiger partial charge in [0.1, 0.15) is 0 Å². The van der Waals surface area contributed by atoms with E-state index in [1.807, 2.05) is 30.3 Å². The van der Waals surface area contributed by atoms with Crippen LogP contribution in [0, 0.1) is 0 Å². The van der Waals surface area contributed by atoms with Crippen molar-refractivity contribution in [2.45, 2.75) is 6.54 Å². The number of nitrogens with two attached hydrogens (primary N) is 1. The molecule has 5 nitrogen and oxygen atoms in total. The van der Waals surface area contributed by atoms with Gasteiger partial charge < -0.3 is 15.6 Å². The van der Waals surface area contributed by atoms with Crippen LogP contribution >= 0.6 is 0 Å². The van der Waals surface area contributed by atoms with E-state index >= 15 is 0 Å². The van der Waals surface area contributed by atoms with Gasteiger partial charge in [-0.2, -0.15) is 4.98 Å². The van der Waals surface area contributed by atoms with Crippen molar-refractivity contribution in [1.82, 2.24) is 10.1 Å². The summed E-state index contributed by atoms with van der Waals surface area (Å²) in [7, 11) is 0. The summed E-state index contributed by atoms with van der Waals surface area (Å²) in [6.45, 7) is 0.253. The third kappa shape index (κ3) is 1.89. The van der Waals surface area contributed by atoms with E-state index in [2.05, 4.69) is 15.5 Å². The Morgan fingerprint density at radius 2 is 2.07 bits per heavy atom. The van der Waals surface area contributed by atoms with Crippen LogP contribution in [-0.2, 0) is 6.54 Å². The second kappa shape index (κ2) is 3.89. The van der Waals surface area contributed by atoms with E-state index in [0.29, 0.717) is 11.8 Å². The fourth-order valence-electron chi connectivity index (χ4n) is 1.04. The molecule has 1 heterocycles. The topological polar surface area (TPSA) is 77.0 Å². The normalized spacial score (nSPS) is 10.1. The zero-order chi connectivity index (χ0) is 9.80. The molecule has 0 saturated heterocycles. The van der Waals surface area contributed by atoms with Crippen molar-refractivity contribution < 1.29 is 4.52 Å². The summed E-state index contributed by atoms with van der Waals surface area (Å²) in [5.41, 5.74) is 6.25. The Hall–Kier alpha value is -1.88. The number of nitrogens with one attached hydrogen (secondary N) is 1. The molecule has 0 saturated carbocycles. The predicted molar refractivity (Wildman–Crippen MR) is 51.9 cm³/mol. The minimum absolute atomic E-state index is 0.253. The van der Waals surface area contributed by atoms with Crippen molar-refractivity contribution in [2.75, 3.05) is 5.32 Å². The molecule has 3 N–H and O–H groups in total. The second-order valence-corrected chi connectivity index (χ2v) is 2.71. The molecule has 0 aliphatic heterocycles. The molecule has 0 fully saturated rings. The molecule has 1 aromatic carbocycles. The first-order chi connectivity index (χ1) is 6.88. The lowest BCUT2D eigenvalue weighted by Gasteiger charge is -1.98. The highest BCUT2D eigenvalue weighted by atomic mass is 16.5. The van der Waals surface area contributed by atoms with E-state index in [4.69, 9.17) is 10.3 Å². The molecule has 0 unspecified atom stereocenters. The van der Waals surface area contributed by atoms with E-state index in [0.717, 1.165) is 5.69 Å². The van der Waals surface area contributed by atoms with Gasteiger partial charge in [0.25, 0.3) is 5.95 Å². The minimum Gasteiger partial charge on any atom is -0.336 e. The molecule has 14 heavy (non-hydrogen) atoms. The highest BCUT2D eigenvalue weighted by Gasteiger charge is 2.03. The molecule has 72 valence electrons. The minimum atomic E-state index is 0.253. The summed E-state index contributed by atoms with van der Waals surface area (Å²) in [6.07, 6.45) is 0. The highest BCUT2D eigenvalue weighted by Crippen LogP contribution is 2.11. The first kappa shape index (κ1) is 8.71. The van der Waals surface area contributed by atoms with Crippen LogP contribution in [0.3, 0.4) is 0 Å². The maximum absolute atomic E-state index is 5.33. The standard InChI is InChI=1S/C9H10N4O/c10-6-8-12-9(13-14-8)11-7-4-2-1-3-5-7/h1-5H,6,10H2,(H,11,13). The molecular formula is C9H10N4O. The van der Waals surface area contributed by atoms with E-state index in [1.165, 1.54) is 0 Å². The van der Waals surface area contributed by atoms with Gasteiger partial charge in [-0.1, -0.05) is 18.2 Å². The number of hydrogen-bond donors (Lipinski definition) is 2. The Morgan fingerprint density at radius 3 is 2.71 bits per heavy atom. The Morgan fingerprint density at radius 1 is 1.29 bits per heavy atom. The lowest BCUT2D eigenvalue weighted by Crippen LogP contribution is -1.96. The van der Waals surface area contributed by atoms with Crippen LogP contribution in [-0.4, -0.2) is 10.1 Å². The van der Waals surface area contributed by atoms with Gasteiger partial charge >= 0.3 is 0 Å². The summed E-state index contributed by atoms with van der Waals surface area (Å²) in [5.74, 6) is 0.847. The summed E-state index contributed by atoms with van der Waals surface area (Å²) in [5, 5.41) is 6.69. The van der Waals surface area contributed by atoms with E-state index < -0.39 is 0 Å². The van der Waals surface area contributed by atoms with Crippen molar-refractivity contribution in [3.63, 3.8) is 0 Å². The first-order valence-corrected chi connectivity index (χ1v) is 4.23. The zero-order valence-corrected chi connectivity index (χ0v) is 7.47. The van der Waals surface area contributed by atoms with Gasteiger partial charge in [0.2, 0.25) is 5.89 Å². The zero-order valence-electron chi connectivity index (χ0n) is 7.47. The molecule has 0 bridgehead atoms. The number of anilines is 2. The monoisotopic (exact) mass is 190 g/mol. The molecule has 5 heteroatoms. The molecule has 2 aromatic rings. The Labute approximate surface area is 80.9 Å². The number of aromatic nitrogens is 2. The number of rotatable bonds is 3. The van der Waals surface area contributed by atoms with Crippen molar-refractivity contribution in [2.24, 2.45) is 5.73 Å². The van der Waals surface area contributed by atoms with Crippen LogP contribution in [0.5, 0.6) is 0 Å². The van der Waals surface area contributed by atoms with Gasteiger partial charge in [0.15, 0.2) is 0 Å². The van der Waals surface area contributed by atoms with Crippen molar-refractivity contribution in [3.8, 4) is 0 Å². The maximum Gasteiger partial charge on any atom is 0.267 e. The Bertz CT molecular complexity index is 398. The molecule has 0 radical (unpaired) electrons. The molecule has 0 aliphatic carbocycles. The molecule has 2 rings (SSSR count). The Kier molecular flexibility index (Phi) is 2.42. The van der Waals surface area contributed by atoms with Gasteiger partial charge in [0.05, 0.1) is 6.54 Å². The van der Waals surface area contributed by atoms with Crippen LogP contribution in [0.15, 0.2) is 34.9 Å². The smallest absolute Gasteiger partial charge is 0.267 e. The average Bonchev–Trinajstić information content (AvgIpc) is 2.67. The van der Waals surface area contributed by atoms with Crippen LogP contribution in [0.25, 0.3) is 0 Å². The predicted octanol–water partition coefficient (Wildman–Crippen LogP) is 1.27. The second-order valence-electron chi connectivity index (χ2n) is 2.71. The number of benzene rings is 1. The molecular weight excluding hydrogens is 180 g/mol. The quantitative estimate of drug-likeness (QED) is 0.762. The van der Waals surface area contributed by atoms with Crippen LogP contribution in [0.1, 0.15) is 5.89 Å². The van der Waals surface area contributed by atoms with Crippen LogP contribution in [0.4, 0.5) is 11.6 Å². The summed E-state index contributed by atoms with van der Waals surface area (Å²) in [4.78, 5) is 4.01. The lowest BCUT2D eigenvalue weighted by molar-refractivity contribution is 0.381. The molecule has 0 aliphatic rings. The lowest BCUT2D eigenvalue weighted by atomic mass is 10.3. The number of para-hydroxylation sites is 1. The van der Waals surface area contributed by atoms with Crippen molar-refractivity contribution in [3.05, 3.63) is 36.2 Å². The Balaban J connectivity index is 2.11. The third-order valence-corrected chi connectivity index (χ3v) is 1.67. The van der Waals surface area contributed by atoms with Gasteiger partial charge in [-0.05, 0) is 17.3 Å². The molecule has 0 atom stereocenters. The van der Waals surface area contributed by atoms with Crippen LogP contribution in [0.2, 0.25) is 0 Å². The van der Waals surface area contributed by atoms with E-state index in [9.17, 15) is 0 Å². The summed E-state index contributed by atoms with van der Waals surface area (Å²) in [6, 6.07) is 9.61. The number of nitrogens with zero attached hydrogens (tertiary/aromatic N) is 2. The van der Waals surface area contributed by atoms with E-state index in [-0.39, 0.29) is 6.54 Å². The van der Waals surface area contributed by atoms with Gasteiger partial charge in [-0.15, -0.1) is 0 Å². The highest BCUT2D eigenvalue weighted by molar-refractivity contribution is 5.51. The first-order valence-electron chi connectivity index (χ1n) is 4.23. The van der Waals surface area contributed by atoms with Gasteiger partial charge in [-0.25, -0.2) is 0 Å². The number of hydrogen-bond acceptors (Lipinski definition) is 5. The average molecular weight is 190 g/mol.